The predicted molar refractivity (Wildman–Crippen MR) is 70.3 cm³/mol. The molecule has 0 aliphatic carbocycles. The molecule has 5 heteroatoms. The third-order valence-corrected chi connectivity index (χ3v) is 3.81. The van der Waals surface area contributed by atoms with Crippen LogP contribution in [0.4, 0.5) is 0 Å². The summed E-state index contributed by atoms with van der Waals surface area (Å²) in [5, 5.41) is 12.3. The van der Waals surface area contributed by atoms with Crippen LogP contribution in [-0.4, -0.2) is 16.4 Å². The Morgan fingerprint density at radius 3 is 2.88 bits per heavy atom. The van der Waals surface area contributed by atoms with Gasteiger partial charge in [-0.2, -0.15) is 0 Å². The van der Waals surface area contributed by atoms with Crippen molar-refractivity contribution in [2.75, 3.05) is 0 Å². The summed E-state index contributed by atoms with van der Waals surface area (Å²) in [6, 6.07) is 7.04. The zero-order chi connectivity index (χ0) is 12.5. The standard InChI is InChI=1S/C12H10BrNO2S/c1-12(16,8-5-9(6-15)17-7-8)10-3-2-4-11(13)14-10/h2-7,16H,1H3. The van der Waals surface area contributed by atoms with Crippen LogP contribution in [0.5, 0.6) is 0 Å². The van der Waals surface area contributed by atoms with Crippen molar-refractivity contribution >= 4 is 33.6 Å². The van der Waals surface area contributed by atoms with Crippen molar-refractivity contribution in [2.45, 2.75) is 12.5 Å². The second-order valence-electron chi connectivity index (χ2n) is 3.77. The Hall–Kier alpha value is -1.04. The molecule has 2 aromatic heterocycles. The Labute approximate surface area is 111 Å². The largest absolute Gasteiger partial charge is 0.379 e. The van der Waals surface area contributed by atoms with E-state index < -0.39 is 5.60 Å². The summed E-state index contributed by atoms with van der Waals surface area (Å²) in [7, 11) is 0. The average molecular weight is 312 g/mol. The van der Waals surface area contributed by atoms with Crippen molar-refractivity contribution in [3.8, 4) is 0 Å². The average Bonchev–Trinajstić information content (AvgIpc) is 2.78. The number of rotatable bonds is 3. The van der Waals surface area contributed by atoms with Gasteiger partial charge in [-0.25, -0.2) is 4.98 Å². The number of aromatic nitrogens is 1. The number of aldehydes is 1. The second-order valence-corrected chi connectivity index (χ2v) is 5.53. The topological polar surface area (TPSA) is 50.2 Å². The van der Waals surface area contributed by atoms with Gasteiger partial charge in [0.15, 0.2) is 6.29 Å². The molecule has 3 nitrogen and oxygen atoms in total. The van der Waals surface area contributed by atoms with Gasteiger partial charge >= 0.3 is 0 Å². The molecule has 0 amide bonds. The number of aliphatic hydroxyl groups is 1. The van der Waals surface area contributed by atoms with Crippen LogP contribution >= 0.6 is 27.3 Å². The van der Waals surface area contributed by atoms with Gasteiger partial charge < -0.3 is 5.11 Å². The molecule has 17 heavy (non-hydrogen) atoms. The van der Waals surface area contributed by atoms with Crippen molar-refractivity contribution < 1.29 is 9.90 Å². The number of nitrogens with zero attached hydrogens (tertiary/aromatic N) is 1. The minimum Gasteiger partial charge on any atom is -0.379 e. The van der Waals surface area contributed by atoms with Gasteiger partial charge in [0.2, 0.25) is 0 Å². The minimum absolute atomic E-state index is 0.544. The molecule has 0 saturated heterocycles. The molecule has 0 bridgehead atoms. The van der Waals surface area contributed by atoms with Gasteiger partial charge in [-0.05, 0) is 46.4 Å². The van der Waals surface area contributed by atoms with E-state index in [9.17, 15) is 9.90 Å². The Morgan fingerprint density at radius 2 is 2.29 bits per heavy atom. The van der Waals surface area contributed by atoms with Gasteiger partial charge in [-0.1, -0.05) is 6.07 Å². The molecule has 0 saturated carbocycles. The fourth-order valence-electron chi connectivity index (χ4n) is 1.50. The van der Waals surface area contributed by atoms with Crippen molar-refractivity contribution in [1.82, 2.24) is 4.98 Å². The summed E-state index contributed by atoms with van der Waals surface area (Å²) in [6.45, 7) is 1.67. The molecule has 1 N–H and O–H groups in total. The summed E-state index contributed by atoms with van der Waals surface area (Å²) in [4.78, 5) is 15.5. The van der Waals surface area contributed by atoms with E-state index >= 15 is 0 Å². The lowest BCUT2D eigenvalue weighted by atomic mass is 9.94. The highest BCUT2D eigenvalue weighted by Gasteiger charge is 2.28. The third-order valence-electron chi connectivity index (χ3n) is 2.51. The van der Waals surface area contributed by atoms with Crippen molar-refractivity contribution in [2.24, 2.45) is 0 Å². The van der Waals surface area contributed by atoms with Crippen molar-refractivity contribution in [1.29, 1.82) is 0 Å². The molecule has 1 atom stereocenters. The van der Waals surface area contributed by atoms with E-state index in [2.05, 4.69) is 20.9 Å². The maximum absolute atomic E-state index is 10.6. The van der Waals surface area contributed by atoms with E-state index in [0.29, 0.717) is 20.7 Å². The van der Waals surface area contributed by atoms with Crippen LogP contribution in [0.2, 0.25) is 0 Å². The second kappa shape index (κ2) is 4.68. The quantitative estimate of drug-likeness (QED) is 0.700. The molecule has 0 aliphatic rings. The minimum atomic E-state index is -1.19. The highest BCUT2D eigenvalue weighted by molar-refractivity contribution is 9.10. The van der Waals surface area contributed by atoms with Gasteiger partial charge in [0.1, 0.15) is 10.2 Å². The zero-order valence-corrected chi connectivity index (χ0v) is 11.5. The SMILES string of the molecule is CC(O)(c1csc(C=O)c1)c1cccc(Br)n1. The zero-order valence-electron chi connectivity index (χ0n) is 9.05. The smallest absolute Gasteiger partial charge is 0.160 e. The number of pyridine rings is 1. The third kappa shape index (κ3) is 2.46. The summed E-state index contributed by atoms with van der Waals surface area (Å²) in [5.41, 5.74) is 0.0268. The van der Waals surface area contributed by atoms with Crippen LogP contribution in [0, 0.1) is 0 Å². The highest BCUT2D eigenvalue weighted by Crippen LogP contribution is 2.31. The molecule has 1 unspecified atom stereocenters. The van der Waals surface area contributed by atoms with Crippen LogP contribution in [0.25, 0.3) is 0 Å². The van der Waals surface area contributed by atoms with Crippen molar-refractivity contribution in [3.63, 3.8) is 0 Å². The number of hydrogen-bond donors (Lipinski definition) is 1. The van der Waals surface area contributed by atoms with Crippen LogP contribution in [-0.2, 0) is 5.60 Å². The van der Waals surface area contributed by atoms with Crippen LogP contribution < -0.4 is 0 Å². The van der Waals surface area contributed by atoms with Gasteiger partial charge in [-0.15, -0.1) is 11.3 Å². The maximum Gasteiger partial charge on any atom is 0.160 e. The number of hydrogen-bond acceptors (Lipinski definition) is 4. The summed E-state index contributed by atoms with van der Waals surface area (Å²) in [6.07, 6.45) is 0.776. The van der Waals surface area contributed by atoms with E-state index in [1.54, 1.807) is 30.5 Å². The first-order valence-electron chi connectivity index (χ1n) is 4.93. The lowest BCUT2D eigenvalue weighted by molar-refractivity contribution is 0.0976. The van der Waals surface area contributed by atoms with E-state index in [1.807, 2.05) is 6.07 Å². The summed E-state index contributed by atoms with van der Waals surface area (Å²) >= 11 is 4.58. The van der Waals surface area contributed by atoms with Crippen LogP contribution in [0.3, 0.4) is 0 Å². The maximum atomic E-state index is 10.6. The van der Waals surface area contributed by atoms with Crippen LogP contribution in [0.15, 0.2) is 34.2 Å². The van der Waals surface area contributed by atoms with E-state index in [4.69, 9.17) is 0 Å². The van der Waals surface area contributed by atoms with Gasteiger partial charge in [0.05, 0.1) is 10.6 Å². The Kier molecular flexibility index (Phi) is 3.42. The molecule has 2 heterocycles. The normalized spacial score (nSPS) is 14.3. The Morgan fingerprint density at radius 1 is 1.53 bits per heavy atom. The van der Waals surface area contributed by atoms with Gasteiger partial charge in [0, 0.05) is 5.56 Å². The van der Waals surface area contributed by atoms with Gasteiger partial charge in [0.25, 0.3) is 0 Å². The molecule has 0 aromatic carbocycles. The Balaban J connectivity index is 2.44. The molecule has 88 valence electrons. The Bertz CT molecular complexity index is 551. The van der Waals surface area contributed by atoms with Crippen LogP contribution in [0.1, 0.15) is 27.9 Å². The molecule has 2 aromatic rings. The van der Waals surface area contributed by atoms with Gasteiger partial charge in [-0.3, -0.25) is 4.79 Å². The highest BCUT2D eigenvalue weighted by atomic mass is 79.9. The summed E-state index contributed by atoms with van der Waals surface area (Å²) < 4.78 is 0.668. The molecular weight excluding hydrogens is 302 g/mol. The monoisotopic (exact) mass is 311 g/mol. The number of halogens is 1. The molecule has 0 aliphatic heterocycles. The van der Waals surface area contributed by atoms with E-state index in [1.165, 1.54) is 11.3 Å². The predicted octanol–water partition coefficient (Wildman–Crippen LogP) is 2.97. The molecule has 2 rings (SSSR count). The van der Waals surface area contributed by atoms with E-state index in [-0.39, 0.29) is 0 Å². The number of thiophene rings is 1. The first-order chi connectivity index (χ1) is 8.04. The number of carbonyl (C=O) groups excluding carboxylic acids is 1. The first-order valence-corrected chi connectivity index (χ1v) is 6.61. The lowest BCUT2D eigenvalue weighted by Gasteiger charge is -2.21. The van der Waals surface area contributed by atoms with Crippen molar-refractivity contribution in [3.05, 3.63) is 50.4 Å². The fraction of sp³-hybridized carbons (Fsp3) is 0.167. The van der Waals surface area contributed by atoms with E-state index in [0.717, 1.165) is 6.29 Å². The molecular formula is C12H10BrNO2S. The fourth-order valence-corrected chi connectivity index (χ4v) is 2.65. The molecule has 0 radical (unpaired) electrons. The summed E-state index contributed by atoms with van der Waals surface area (Å²) in [5.74, 6) is 0. The first kappa shape index (κ1) is 12.4. The molecule has 0 spiro atoms. The molecule has 0 fully saturated rings. The lowest BCUT2D eigenvalue weighted by Crippen LogP contribution is -2.23. The number of carbonyl (C=O) groups is 1.